The van der Waals surface area contributed by atoms with E-state index >= 15 is 0 Å². The third kappa shape index (κ3) is 2.81. The van der Waals surface area contributed by atoms with E-state index in [9.17, 15) is 5.11 Å². The van der Waals surface area contributed by atoms with Crippen LogP contribution in [0.3, 0.4) is 0 Å². The van der Waals surface area contributed by atoms with Gasteiger partial charge in [-0.1, -0.05) is 31.5 Å². The lowest BCUT2D eigenvalue weighted by atomic mass is 10.1. The molecule has 0 fully saturated rings. The highest BCUT2D eigenvalue weighted by atomic mass is 35.5. The molecule has 0 radical (unpaired) electrons. The molecule has 0 aliphatic rings. The van der Waals surface area contributed by atoms with Crippen LogP contribution in [0.1, 0.15) is 18.9 Å². The minimum atomic E-state index is 0. The predicted octanol–water partition coefficient (Wildman–Crippen LogP) is 2.77. The van der Waals surface area contributed by atoms with Crippen molar-refractivity contribution in [3.05, 3.63) is 29.8 Å². The summed E-state index contributed by atoms with van der Waals surface area (Å²) in [6.07, 6.45) is 2.05. The molecule has 11 heavy (non-hydrogen) atoms. The molecule has 0 aromatic heterocycles. The second kappa shape index (κ2) is 5.03. The fraction of sp³-hybridized carbons (Fsp3) is 0.333. The van der Waals surface area contributed by atoms with Crippen LogP contribution >= 0.6 is 12.4 Å². The Kier molecular flexibility index (Phi) is 4.71. The molecule has 0 aliphatic heterocycles. The number of hydrogen-bond donors (Lipinski definition) is 1. The van der Waals surface area contributed by atoms with Crippen LogP contribution in [-0.4, -0.2) is 5.11 Å². The van der Waals surface area contributed by atoms with Crippen molar-refractivity contribution in [1.29, 1.82) is 0 Å². The summed E-state index contributed by atoms with van der Waals surface area (Å²) in [6, 6.07) is 7.48. The van der Waals surface area contributed by atoms with Gasteiger partial charge in [-0.2, -0.15) is 0 Å². The van der Waals surface area contributed by atoms with Crippen LogP contribution in [0.2, 0.25) is 0 Å². The second-order valence-corrected chi connectivity index (χ2v) is 2.38. The number of hydrogen-bond acceptors (Lipinski definition) is 1. The zero-order valence-electron chi connectivity index (χ0n) is 6.58. The van der Waals surface area contributed by atoms with Crippen molar-refractivity contribution < 1.29 is 5.11 Å². The van der Waals surface area contributed by atoms with Gasteiger partial charge in [-0.3, -0.25) is 0 Å². The van der Waals surface area contributed by atoms with E-state index < -0.39 is 0 Å². The average molecular weight is 173 g/mol. The molecule has 0 heterocycles. The van der Waals surface area contributed by atoms with Gasteiger partial charge >= 0.3 is 0 Å². The highest BCUT2D eigenvalue weighted by Gasteiger charge is 1.95. The Balaban J connectivity index is 0.000001000. The van der Waals surface area contributed by atoms with E-state index in [0.717, 1.165) is 18.4 Å². The summed E-state index contributed by atoms with van der Waals surface area (Å²) in [7, 11) is 0. The molecule has 2 heteroatoms. The molecule has 0 unspecified atom stereocenters. The number of halogens is 1. The van der Waals surface area contributed by atoms with Crippen LogP contribution < -0.4 is 0 Å². The first-order valence-corrected chi connectivity index (χ1v) is 3.61. The van der Waals surface area contributed by atoms with E-state index in [1.165, 1.54) is 0 Å². The highest BCUT2D eigenvalue weighted by molar-refractivity contribution is 5.85. The van der Waals surface area contributed by atoms with Crippen molar-refractivity contribution in [3.63, 3.8) is 0 Å². The maximum absolute atomic E-state index is 9.24. The first kappa shape index (κ1) is 10.3. The predicted molar refractivity (Wildman–Crippen MR) is 49.3 cm³/mol. The monoisotopic (exact) mass is 172 g/mol. The van der Waals surface area contributed by atoms with Crippen LogP contribution in [0.5, 0.6) is 5.75 Å². The van der Waals surface area contributed by atoms with Crippen molar-refractivity contribution in [2.45, 2.75) is 19.8 Å². The molecule has 0 spiro atoms. The van der Waals surface area contributed by atoms with Gasteiger partial charge in [0.25, 0.3) is 0 Å². The summed E-state index contributed by atoms with van der Waals surface area (Å²) < 4.78 is 0. The Morgan fingerprint density at radius 3 is 2.45 bits per heavy atom. The zero-order chi connectivity index (χ0) is 7.40. The van der Waals surface area contributed by atoms with Crippen molar-refractivity contribution in [3.8, 4) is 5.75 Å². The third-order valence-corrected chi connectivity index (χ3v) is 1.51. The van der Waals surface area contributed by atoms with E-state index in [0.29, 0.717) is 5.75 Å². The molecular weight excluding hydrogens is 160 g/mol. The van der Waals surface area contributed by atoms with Crippen LogP contribution in [0, 0.1) is 0 Å². The van der Waals surface area contributed by atoms with E-state index in [1.54, 1.807) is 6.07 Å². The maximum atomic E-state index is 9.24. The Morgan fingerprint density at radius 1 is 1.27 bits per heavy atom. The molecule has 0 saturated carbocycles. The number of benzene rings is 1. The molecule has 1 aromatic carbocycles. The summed E-state index contributed by atoms with van der Waals surface area (Å²) in [5.74, 6) is 0.421. The zero-order valence-corrected chi connectivity index (χ0v) is 7.40. The Morgan fingerprint density at radius 2 is 1.91 bits per heavy atom. The fourth-order valence-electron chi connectivity index (χ4n) is 0.992. The van der Waals surface area contributed by atoms with Gasteiger partial charge in [0.2, 0.25) is 0 Å². The molecule has 0 aliphatic carbocycles. The summed E-state index contributed by atoms with van der Waals surface area (Å²) >= 11 is 0. The first-order chi connectivity index (χ1) is 4.84. The van der Waals surface area contributed by atoms with Crippen LogP contribution in [0.15, 0.2) is 24.3 Å². The van der Waals surface area contributed by atoms with Gasteiger partial charge < -0.3 is 5.11 Å². The molecule has 1 N–H and O–H groups in total. The van der Waals surface area contributed by atoms with Crippen molar-refractivity contribution in [1.82, 2.24) is 0 Å². The minimum Gasteiger partial charge on any atom is -0.508 e. The van der Waals surface area contributed by atoms with Gasteiger partial charge in [-0.15, -0.1) is 12.4 Å². The number of phenolic OH excluding ortho intramolecular Hbond substituents is 1. The third-order valence-electron chi connectivity index (χ3n) is 1.51. The standard InChI is InChI=1S/C9H12O.ClH/c1-2-5-8-6-3-4-7-9(8)10;/h3-4,6-7,10H,2,5H2,1H3;1H. The van der Waals surface area contributed by atoms with E-state index in [-0.39, 0.29) is 12.4 Å². The maximum Gasteiger partial charge on any atom is 0.118 e. The topological polar surface area (TPSA) is 20.2 Å². The SMILES string of the molecule is CCCc1ccccc1O.Cl. The van der Waals surface area contributed by atoms with E-state index in [4.69, 9.17) is 0 Å². The lowest BCUT2D eigenvalue weighted by molar-refractivity contribution is 0.467. The summed E-state index contributed by atoms with van der Waals surface area (Å²) in [5.41, 5.74) is 1.05. The Hall–Kier alpha value is -0.690. The number of rotatable bonds is 2. The van der Waals surface area contributed by atoms with Gasteiger partial charge in [0.05, 0.1) is 0 Å². The van der Waals surface area contributed by atoms with Crippen LogP contribution in [0.4, 0.5) is 0 Å². The lowest BCUT2D eigenvalue weighted by Gasteiger charge is -1.99. The lowest BCUT2D eigenvalue weighted by Crippen LogP contribution is -1.81. The largest absolute Gasteiger partial charge is 0.508 e. The van der Waals surface area contributed by atoms with Crippen molar-refractivity contribution in [2.75, 3.05) is 0 Å². The van der Waals surface area contributed by atoms with Gasteiger partial charge in [-0.05, 0) is 18.1 Å². The van der Waals surface area contributed by atoms with Gasteiger partial charge in [0, 0.05) is 0 Å². The van der Waals surface area contributed by atoms with E-state index in [1.807, 2.05) is 18.2 Å². The van der Waals surface area contributed by atoms with Gasteiger partial charge in [-0.25, -0.2) is 0 Å². The van der Waals surface area contributed by atoms with Crippen molar-refractivity contribution >= 4 is 12.4 Å². The molecule has 1 rings (SSSR count). The molecule has 62 valence electrons. The number of aromatic hydroxyl groups is 1. The Labute approximate surface area is 73.5 Å². The number of para-hydroxylation sites is 1. The van der Waals surface area contributed by atoms with Gasteiger partial charge in [0.15, 0.2) is 0 Å². The fourth-order valence-corrected chi connectivity index (χ4v) is 0.992. The molecule has 1 aromatic rings. The molecule has 0 amide bonds. The van der Waals surface area contributed by atoms with Crippen LogP contribution in [0.25, 0.3) is 0 Å². The smallest absolute Gasteiger partial charge is 0.118 e. The molecular formula is C9H13ClO. The molecule has 0 atom stereocenters. The first-order valence-electron chi connectivity index (χ1n) is 3.61. The molecule has 1 nitrogen and oxygen atoms in total. The average Bonchev–Trinajstić information content (AvgIpc) is 1.94. The van der Waals surface area contributed by atoms with Crippen LogP contribution in [-0.2, 0) is 6.42 Å². The normalized spacial score (nSPS) is 8.82. The highest BCUT2D eigenvalue weighted by Crippen LogP contribution is 2.16. The minimum absolute atomic E-state index is 0. The summed E-state index contributed by atoms with van der Waals surface area (Å²) in [4.78, 5) is 0. The summed E-state index contributed by atoms with van der Waals surface area (Å²) in [6.45, 7) is 2.10. The quantitative estimate of drug-likeness (QED) is 0.728. The van der Waals surface area contributed by atoms with E-state index in [2.05, 4.69) is 6.92 Å². The molecule has 0 bridgehead atoms. The molecule has 0 saturated heterocycles. The van der Waals surface area contributed by atoms with Gasteiger partial charge in [0.1, 0.15) is 5.75 Å². The Bertz CT molecular complexity index is 210. The van der Waals surface area contributed by atoms with Crippen molar-refractivity contribution in [2.24, 2.45) is 0 Å². The second-order valence-electron chi connectivity index (χ2n) is 2.38. The summed E-state index contributed by atoms with van der Waals surface area (Å²) in [5, 5.41) is 9.24. The number of aryl methyl sites for hydroxylation is 1. The number of phenols is 1.